The number of nitrogens with two attached hydrogens (primary N) is 1. The molecule has 23 heavy (non-hydrogen) atoms. The van der Waals surface area contributed by atoms with Crippen LogP contribution in [0, 0.1) is 13.8 Å². The molecule has 0 aliphatic rings. The van der Waals surface area contributed by atoms with E-state index in [1.54, 1.807) is 0 Å². The molecule has 0 spiro atoms. The Morgan fingerprint density at radius 2 is 1.87 bits per heavy atom. The van der Waals surface area contributed by atoms with E-state index in [4.69, 9.17) is 0 Å². The van der Waals surface area contributed by atoms with Gasteiger partial charge in [-0.1, -0.05) is 48.0 Å². The average Bonchev–Trinajstić information content (AvgIpc) is 2.53. The van der Waals surface area contributed by atoms with E-state index < -0.39 is 0 Å². The third kappa shape index (κ3) is 3.69. The smallest absolute Gasteiger partial charge is 0.257 e. The molecule has 2 aromatic carbocycles. The molecule has 1 heterocycles. The van der Waals surface area contributed by atoms with Crippen LogP contribution in [-0.2, 0) is 13.0 Å². The molecule has 0 saturated carbocycles. The second kappa shape index (κ2) is 6.80. The van der Waals surface area contributed by atoms with Crippen LogP contribution in [0.2, 0.25) is 0 Å². The number of aryl methyl sites for hydroxylation is 2. The summed E-state index contributed by atoms with van der Waals surface area (Å²) >= 11 is 0. The Hall–Kier alpha value is -2.39. The molecule has 3 N–H and O–H groups in total. The Morgan fingerprint density at radius 1 is 1.04 bits per heavy atom. The van der Waals surface area contributed by atoms with Gasteiger partial charge in [-0.15, -0.1) is 0 Å². The largest absolute Gasteiger partial charge is 0.342 e. The molecule has 118 valence electrons. The summed E-state index contributed by atoms with van der Waals surface area (Å²) in [7, 11) is 0. The highest BCUT2D eigenvalue weighted by Crippen LogP contribution is 2.14. The van der Waals surface area contributed by atoms with Gasteiger partial charge in [-0.2, -0.15) is 0 Å². The molecular weight excluding hydrogens is 284 g/mol. The Labute approximate surface area is 136 Å². The minimum atomic E-state index is 0.0265. The van der Waals surface area contributed by atoms with E-state index in [0.717, 1.165) is 35.0 Å². The van der Waals surface area contributed by atoms with E-state index in [1.807, 2.05) is 25.1 Å². The number of fused-ring (bicyclic) bond motifs is 1. The first-order valence-corrected chi connectivity index (χ1v) is 8.12. The lowest BCUT2D eigenvalue weighted by atomic mass is 10.1. The van der Waals surface area contributed by atoms with Crippen molar-refractivity contribution in [1.82, 2.24) is 4.98 Å². The van der Waals surface area contributed by atoms with E-state index in [1.165, 1.54) is 11.1 Å². The summed E-state index contributed by atoms with van der Waals surface area (Å²) in [6, 6.07) is 16.7. The van der Waals surface area contributed by atoms with Crippen LogP contribution in [0.25, 0.3) is 10.9 Å². The maximum atomic E-state index is 12.2. The Bertz CT molecular complexity index is 880. The molecule has 3 rings (SSSR count). The van der Waals surface area contributed by atoms with Gasteiger partial charge in [0.1, 0.15) is 6.54 Å². The summed E-state index contributed by atoms with van der Waals surface area (Å²) in [5.74, 6) is 0. The first-order chi connectivity index (χ1) is 11.1. The Balaban J connectivity index is 1.65. The zero-order chi connectivity index (χ0) is 16.2. The number of aromatic nitrogens is 1. The zero-order valence-corrected chi connectivity index (χ0v) is 13.7. The summed E-state index contributed by atoms with van der Waals surface area (Å²) in [5.41, 5.74) is 5.56. The summed E-state index contributed by atoms with van der Waals surface area (Å²) in [4.78, 5) is 15.2. The molecule has 1 aromatic heterocycles. The van der Waals surface area contributed by atoms with Crippen LogP contribution in [0.1, 0.15) is 22.3 Å². The average molecular weight is 307 g/mol. The van der Waals surface area contributed by atoms with Crippen molar-refractivity contribution in [2.24, 2.45) is 0 Å². The SMILES string of the molecule is Cc1cccc(CC[NH2+]Cc2cc3cccc(C)c3[nH]c2=O)c1. The minimum absolute atomic E-state index is 0.0265. The van der Waals surface area contributed by atoms with Crippen molar-refractivity contribution in [1.29, 1.82) is 0 Å². The predicted octanol–water partition coefficient (Wildman–Crippen LogP) is 2.45. The Morgan fingerprint density at radius 3 is 2.70 bits per heavy atom. The highest BCUT2D eigenvalue weighted by molar-refractivity contribution is 5.81. The summed E-state index contributed by atoms with van der Waals surface area (Å²) < 4.78 is 0. The molecule has 3 heteroatoms. The number of hydrogen-bond donors (Lipinski definition) is 2. The van der Waals surface area contributed by atoms with Crippen LogP contribution >= 0.6 is 0 Å². The number of quaternary nitrogens is 1. The van der Waals surface area contributed by atoms with Crippen molar-refractivity contribution in [2.75, 3.05) is 6.54 Å². The summed E-state index contributed by atoms with van der Waals surface area (Å²) in [6.45, 7) is 5.83. The second-order valence-corrected chi connectivity index (χ2v) is 6.18. The molecule has 0 unspecified atom stereocenters. The van der Waals surface area contributed by atoms with Crippen molar-refractivity contribution >= 4 is 10.9 Å². The Kier molecular flexibility index (Phi) is 4.58. The van der Waals surface area contributed by atoms with E-state index in [2.05, 4.69) is 47.6 Å². The molecule has 0 atom stereocenters. The first kappa shape index (κ1) is 15.5. The van der Waals surface area contributed by atoms with Gasteiger partial charge in [0.25, 0.3) is 5.56 Å². The van der Waals surface area contributed by atoms with E-state index in [0.29, 0.717) is 6.54 Å². The summed E-state index contributed by atoms with van der Waals surface area (Å²) in [6.07, 6.45) is 1.02. The van der Waals surface area contributed by atoms with Crippen LogP contribution in [0.15, 0.2) is 53.3 Å². The van der Waals surface area contributed by atoms with Crippen LogP contribution < -0.4 is 10.9 Å². The molecule has 0 aliphatic heterocycles. The first-order valence-electron chi connectivity index (χ1n) is 8.12. The quantitative estimate of drug-likeness (QED) is 0.699. The van der Waals surface area contributed by atoms with E-state index >= 15 is 0 Å². The van der Waals surface area contributed by atoms with Gasteiger partial charge >= 0.3 is 0 Å². The highest BCUT2D eigenvalue weighted by Gasteiger charge is 2.06. The third-order valence-electron chi connectivity index (χ3n) is 4.25. The molecule has 0 fully saturated rings. The van der Waals surface area contributed by atoms with Gasteiger partial charge in [-0.05, 0) is 36.4 Å². The van der Waals surface area contributed by atoms with E-state index in [-0.39, 0.29) is 5.56 Å². The fourth-order valence-electron chi connectivity index (χ4n) is 2.97. The van der Waals surface area contributed by atoms with Crippen LogP contribution in [0.4, 0.5) is 0 Å². The fourth-order valence-corrected chi connectivity index (χ4v) is 2.97. The minimum Gasteiger partial charge on any atom is -0.342 e. The molecule has 0 aliphatic carbocycles. The highest BCUT2D eigenvalue weighted by atomic mass is 16.1. The number of H-pyrrole nitrogens is 1. The van der Waals surface area contributed by atoms with Crippen molar-refractivity contribution in [2.45, 2.75) is 26.8 Å². The molecular formula is C20H23N2O+. The van der Waals surface area contributed by atoms with Crippen molar-refractivity contribution in [3.63, 3.8) is 0 Å². The second-order valence-electron chi connectivity index (χ2n) is 6.18. The number of hydrogen-bond acceptors (Lipinski definition) is 1. The van der Waals surface area contributed by atoms with Crippen molar-refractivity contribution < 1.29 is 5.32 Å². The van der Waals surface area contributed by atoms with Gasteiger partial charge < -0.3 is 10.3 Å². The molecule has 0 radical (unpaired) electrons. The standard InChI is InChI=1S/C20H22N2O/c1-14-5-3-7-16(11-14)9-10-21-13-18-12-17-8-4-6-15(2)19(17)22-20(18)23/h3-8,11-12,21H,9-10,13H2,1-2H3,(H,22,23)/p+1. The van der Waals surface area contributed by atoms with Gasteiger partial charge in [0.05, 0.1) is 17.6 Å². The number of benzene rings is 2. The number of nitrogens with one attached hydrogen (secondary N) is 1. The number of pyridine rings is 1. The lowest BCUT2D eigenvalue weighted by molar-refractivity contribution is -0.670. The summed E-state index contributed by atoms with van der Waals surface area (Å²) in [5, 5.41) is 3.31. The van der Waals surface area contributed by atoms with Crippen LogP contribution in [-0.4, -0.2) is 11.5 Å². The number of aromatic amines is 1. The fraction of sp³-hybridized carbons (Fsp3) is 0.250. The maximum absolute atomic E-state index is 12.2. The zero-order valence-electron chi connectivity index (χ0n) is 13.7. The van der Waals surface area contributed by atoms with Gasteiger partial charge in [-0.3, -0.25) is 4.79 Å². The van der Waals surface area contributed by atoms with E-state index in [9.17, 15) is 4.79 Å². The molecule has 0 saturated heterocycles. The third-order valence-corrected chi connectivity index (χ3v) is 4.25. The lowest BCUT2D eigenvalue weighted by Crippen LogP contribution is -2.83. The number of para-hydroxylation sites is 1. The monoisotopic (exact) mass is 307 g/mol. The van der Waals surface area contributed by atoms with Crippen molar-refractivity contribution in [3.8, 4) is 0 Å². The molecule has 3 aromatic rings. The number of rotatable bonds is 5. The molecule has 0 amide bonds. The maximum Gasteiger partial charge on any atom is 0.257 e. The van der Waals surface area contributed by atoms with Gasteiger partial charge in [-0.25, -0.2) is 0 Å². The normalized spacial score (nSPS) is 11.0. The lowest BCUT2D eigenvalue weighted by Gasteiger charge is -2.06. The molecule has 0 bridgehead atoms. The predicted molar refractivity (Wildman–Crippen MR) is 94.7 cm³/mol. The van der Waals surface area contributed by atoms with Crippen LogP contribution in [0.5, 0.6) is 0 Å². The van der Waals surface area contributed by atoms with Gasteiger partial charge in [0, 0.05) is 6.42 Å². The van der Waals surface area contributed by atoms with Crippen LogP contribution in [0.3, 0.4) is 0 Å². The topological polar surface area (TPSA) is 49.5 Å². The van der Waals surface area contributed by atoms with Crippen molar-refractivity contribution in [3.05, 3.63) is 81.1 Å². The van der Waals surface area contributed by atoms with Gasteiger partial charge in [0.15, 0.2) is 0 Å². The van der Waals surface area contributed by atoms with Gasteiger partial charge in [0.2, 0.25) is 0 Å². The molecule has 3 nitrogen and oxygen atoms in total.